The average molecular weight is 338 g/mol. The number of hydrogen-bond acceptors (Lipinski definition) is 2. The van der Waals surface area contributed by atoms with Crippen molar-refractivity contribution in [1.82, 2.24) is 5.32 Å². The topological polar surface area (TPSA) is 38.3 Å². The molecule has 1 unspecified atom stereocenters. The third kappa shape index (κ3) is 2.85. The van der Waals surface area contributed by atoms with Crippen molar-refractivity contribution in [2.75, 3.05) is 18.5 Å². The number of ether oxygens (including phenoxy) is 1. The van der Waals surface area contributed by atoms with Gasteiger partial charge >= 0.3 is 0 Å². The molecular formula is C16H20BrNO2. The molecule has 0 radical (unpaired) electrons. The molecule has 1 aliphatic carbocycles. The van der Waals surface area contributed by atoms with E-state index in [0.29, 0.717) is 12.0 Å². The summed E-state index contributed by atoms with van der Waals surface area (Å²) in [6.45, 7) is 1.44. The predicted octanol–water partition coefficient (Wildman–Crippen LogP) is 3.23. The number of hydrogen-bond donors (Lipinski definition) is 1. The molecular weight excluding hydrogens is 318 g/mol. The van der Waals surface area contributed by atoms with Gasteiger partial charge in [-0.3, -0.25) is 4.79 Å². The van der Waals surface area contributed by atoms with Crippen LogP contribution in [0.5, 0.6) is 5.75 Å². The normalized spacial score (nSPS) is 22.6. The van der Waals surface area contributed by atoms with Gasteiger partial charge in [0.1, 0.15) is 5.75 Å². The zero-order valence-corrected chi connectivity index (χ0v) is 13.1. The number of carbonyl (C=O) groups excluding carboxylic acids is 1. The Kier molecular flexibility index (Phi) is 4.01. The second kappa shape index (κ2) is 5.76. The Labute approximate surface area is 128 Å². The van der Waals surface area contributed by atoms with Crippen molar-refractivity contribution in [2.24, 2.45) is 5.41 Å². The first kappa shape index (κ1) is 13.9. The molecule has 3 rings (SSSR count). The van der Waals surface area contributed by atoms with E-state index in [0.717, 1.165) is 36.0 Å². The van der Waals surface area contributed by atoms with Crippen molar-refractivity contribution in [3.63, 3.8) is 0 Å². The van der Waals surface area contributed by atoms with Crippen molar-refractivity contribution in [1.29, 1.82) is 0 Å². The number of amides is 1. The van der Waals surface area contributed by atoms with Crippen molar-refractivity contribution in [3.05, 3.63) is 29.8 Å². The van der Waals surface area contributed by atoms with E-state index in [1.54, 1.807) is 0 Å². The van der Waals surface area contributed by atoms with Crippen LogP contribution in [0.25, 0.3) is 0 Å². The van der Waals surface area contributed by atoms with Crippen LogP contribution in [0.1, 0.15) is 37.2 Å². The first-order chi connectivity index (χ1) is 9.74. The molecule has 0 saturated heterocycles. The molecule has 108 valence electrons. The molecule has 1 amide bonds. The van der Waals surface area contributed by atoms with Crippen LogP contribution < -0.4 is 10.1 Å². The van der Waals surface area contributed by atoms with Crippen LogP contribution in [0.4, 0.5) is 0 Å². The van der Waals surface area contributed by atoms with Crippen LogP contribution in [-0.2, 0) is 4.79 Å². The Morgan fingerprint density at radius 1 is 1.40 bits per heavy atom. The van der Waals surface area contributed by atoms with Gasteiger partial charge in [-0.15, -0.1) is 0 Å². The van der Waals surface area contributed by atoms with Gasteiger partial charge in [0.25, 0.3) is 0 Å². The van der Waals surface area contributed by atoms with E-state index in [1.807, 2.05) is 24.3 Å². The zero-order valence-electron chi connectivity index (χ0n) is 11.5. The Bertz CT molecular complexity index is 499. The van der Waals surface area contributed by atoms with Crippen LogP contribution in [0, 0.1) is 5.41 Å². The minimum Gasteiger partial charge on any atom is -0.493 e. The first-order valence-corrected chi connectivity index (χ1v) is 8.42. The molecule has 2 aliphatic rings. The largest absolute Gasteiger partial charge is 0.493 e. The van der Waals surface area contributed by atoms with Gasteiger partial charge < -0.3 is 10.1 Å². The summed E-state index contributed by atoms with van der Waals surface area (Å²) < 4.78 is 5.61. The summed E-state index contributed by atoms with van der Waals surface area (Å²) in [5, 5.41) is 4.18. The van der Waals surface area contributed by atoms with Gasteiger partial charge in [-0.2, -0.15) is 0 Å². The van der Waals surface area contributed by atoms with Gasteiger partial charge in [0.15, 0.2) is 0 Å². The Morgan fingerprint density at radius 3 is 2.95 bits per heavy atom. The molecule has 0 bridgehead atoms. The quantitative estimate of drug-likeness (QED) is 0.837. The molecule has 1 aromatic carbocycles. The molecule has 1 atom stereocenters. The summed E-state index contributed by atoms with van der Waals surface area (Å²) in [7, 11) is 0. The monoisotopic (exact) mass is 337 g/mol. The van der Waals surface area contributed by atoms with E-state index >= 15 is 0 Å². The molecule has 1 N–H and O–H groups in total. The van der Waals surface area contributed by atoms with E-state index < -0.39 is 0 Å². The molecule has 0 aromatic heterocycles. The third-order valence-corrected chi connectivity index (χ3v) is 4.89. The lowest BCUT2D eigenvalue weighted by Crippen LogP contribution is -2.36. The van der Waals surface area contributed by atoms with Crippen molar-refractivity contribution in [3.8, 4) is 5.75 Å². The number of carbonyl (C=O) groups is 1. The molecule has 3 nitrogen and oxygen atoms in total. The maximum atomic E-state index is 12.5. The van der Waals surface area contributed by atoms with Crippen LogP contribution in [0.15, 0.2) is 24.3 Å². The average Bonchev–Trinajstić information content (AvgIpc) is 3.25. The Morgan fingerprint density at radius 2 is 2.20 bits per heavy atom. The molecule has 1 aromatic rings. The highest BCUT2D eigenvalue weighted by Crippen LogP contribution is 2.48. The minimum atomic E-state index is -0.0558. The number of nitrogens with one attached hydrogen (secondary N) is 1. The van der Waals surface area contributed by atoms with Gasteiger partial charge in [0.2, 0.25) is 5.91 Å². The number of fused-ring (bicyclic) bond motifs is 1. The number of benzene rings is 1. The van der Waals surface area contributed by atoms with Gasteiger partial charge in [-0.1, -0.05) is 34.1 Å². The summed E-state index contributed by atoms with van der Waals surface area (Å²) in [5.74, 6) is 0.960. The van der Waals surface area contributed by atoms with Crippen LogP contribution in [0.2, 0.25) is 0 Å². The number of para-hydroxylation sites is 1. The second-order valence-electron chi connectivity index (χ2n) is 5.88. The fourth-order valence-electron chi connectivity index (χ4n) is 2.90. The summed E-state index contributed by atoms with van der Waals surface area (Å²) in [6, 6.07) is 7.88. The van der Waals surface area contributed by atoms with Crippen LogP contribution in [-0.4, -0.2) is 24.4 Å². The highest BCUT2D eigenvalue weighted by atomic mass is 79.9. The van der Waals surface area contributed by atoms with Gasteiger partial charge in [-0.05, 0) is 37.2 Å². The van der Waals surface area contributed by atoms with Crippen LogP contribution >= 0.6 is 15.9 Å². The third-order valence-electron chi connectivity index (χ3n) is 4.49. The molecule has 1 aliphatic heterocycles. The zero-order chi connectivity index (χ0) is 14.0. The maximum Gasteiger partial charge on any atom is 0.227 e. The Balaban J connectivity index is 1.64. The molecule has 20 heavy (non-hydrogen) atoms. The molecule has 1 saturated carbocycles. The Hall–Kier alpha value is -1.03. The van der Waals surface area contributed by atoms with Crippen LogP contribution in [0.3, 0.4) is 0 Å². The highest BCUT2D eigenvalue weighted by molar-refractivity contribution is 9.09. The van der Waals surface area contributed by atoms with Gasteiger partial charge in [-0.25, -0.2) is 0 Å². The number of rotatable bonds is 5. The maximum absolute atomic E-state index is 12.5. The lowest BCUT2D eigenvalue weighted by molar-refractivity contribution is -0.123. The highest BCUT2D eigenvalue weighted by Gasteiger charge is 2.42. The van der Waals surface area contributed by atoms with E-state index in [2.05, 4.69) is 21.2 Å². The fraction of sp³-hybridized carbons (Fsp3) is 0.562. The van der Waals surface area contributed by atoms with Crippen molar-refractivity contribution >= 4 is 21.8 Å². The van der Waals surface area contributed by atoms with Gasteiger partial charge in [0.05, 0.1) is 12.5 Å². The predicted molar refractivity (Wildman–Crippen MR) is 82.4 cm³/mol. The summed E-state index contributed by atoms with van der Waals surface area (Å²) in [5.41, 5.74) is 1.39. The van der Waals surface area contributed by atoms with E-state index in [1.165, 1.54) is 12.8 Å². The smallest absolute Gasteiger partial charge is 0.227 e. The van der Waals surface area contributed by atoms with Crippen molar-refractivity contribution in [2.45, 2.75) is 31.6 Å². The SMILES string of the molecule is O=C(NCC1(CCBr)CC1)C1CCOc2ccccc21. The summed E-state index contributed by atoms with van der Waals surface area (Å²) in [4.78, 5) is 12.5. The molecule has 0 spiro atoms. The van der Waals surface area contributed by atoms with E-state index in [9.17, 15) is 4.79 Å². The fourth-order valence-corrected chi connectivity index (χ4v) is 3.75. The number of halogens is 1. The van der Waals surface area contributed by atoms with E-state index in [-0.39, 0.29) is 11.8 Å². The summed E-state index contributed by atoms with van der Waals surface area (Å²) in [6.07, 6.45) is 4.40. The summed E-state index contributed by atoms with van der Waals surface area (Å²) >= 11 is 3.50. The van der Waals surface area contributed by atoms with Crippen molar-refractivity contribution < 1.29 is 9.53 Å². The molecule has 4 heteroatoms. The van der Waals surface area contributed by atoms with E-state index in [4.69, 9.17) is 4.74 Å². The first-order valence-electron chi connectivity index (χ1n) is 7.29. The molecule has 1 fully saturated rings. The second-order valence-corrected chi connectivity index (χ2v) is 6.68. The minimum absolute atomic E-state index is 0.0558. The molecule has 1 heterocycles. The number of alkyl halides is 1. The lowest BCUT2D eigenvalue weighted by atomic mass is 9.92. The standard InChI is InChI=1S/C16H20BrNO2/c17-9-8-16(6-7-16)11-18-15(19)13-5-10-20-14-4-2-1-3-12(13)14/h1-4,13H,5-11H2,(H,18,19). The lowest BCUT2D eigenvalue weighted by Gasteiger charge is -2.26. The van der Waals surface area contributed by atoms with Gasteiger partial charge in [0, 0.05) is 17.4 Å².